The number of rotatable bonds is 8. The van der Waals surface area contributed by atoms with Gasteiger partial charge in [0, 0.05) is 11.6 Å². The number of carbonyl (C=O) groups is 2. The van der Waals surface area contributed by atoms with Gasteiger partial charge in [0.25, 0.3) is 5.78 Å². The van der Waals surface area contributed by atoms with Gasteiger partial charge in [-0.2, -0.15) is 0 Å². The third-order valence-corrected chi connectivity index (χ3v) is 3.94. The van der Waals surface area contributed by atoms with E-state index in [1.165, 1.54) is 12.1 Å². The molecule has 1 N–H and O–H groups in total. The fourth-order valence-electron chi connectivity index (χ4n) is 2.62. The molecule has 0 amide bonds. The first-order chi connectivity index (χ1) is 13.5. The number of nitrogens with zero attached hydrogens (tertiary/aromatic N) is 1. The second kappa shape index (κ2) is 8.17. The van der Waals surface area contributed by atoms with Crippen molar-refractivity contribution in [3.8, 4) is 11.5 Å². The van der Waals surface area contributed by atoms with E-state index in [0.717, 1.165) is 16.8 Å². The highest BCUT2D eigenvalue weighted by atomic mass is 16.6. The first kappa shape index (κ1) is 18.8. The van der Waals surface area contributed by atoms with Gasteiger partial charge in [0.2, 0.25) is 0 Å². The second-order valence-corrected chi connectivity index (χ2v) is 5.78. The highest BCUT2D eigenvalue weighted by molar-refractivity contribution is 6.39. The summed E-state index contributed by atoms with van der Waals surface area (Å²) in [5, 5.41) is 22.0. The predicted octanol–water partition coefficient (Wildman–Crippen LogP) is 3.47. The number of fused-ring (bicyclic) bond motifs is 1. The van der Waals surface area contributed by atoms with Gasteiger partial charge < -0.3 is 14.6 Å². The summed E-state index contributed by atoms with van der Waals surface area (Å²) in [6.45, 7) is 0.172. The Labute approximate surface area is 159 Å². The lowest BCUT2D eigenvalue weighted by Crippen LogP contribution is -2.14. The van der Waals surface area contributed by atoms with E-state index in [4.69, 9.17) is 14.6 Å². The molecule has 0 fully saturated rings. The van der Waals surface area contributed by atoms with Crippen LogP contribution in [0.25, 0.3) is 10.8 Å². The van der Waals surface area contributed by atoms with Crippen molar-refractivity contribution in [2.45, 2.75) is 0 Å². The van der Waals surface area contributed by atoms with E-state index in [1.54, 1.807) is 0 Å². The van der Waals surface area contributed by atoms with Crippen LogP contribution in [-0.4, -0.2) is 35.0 Å². The Balaban J connectivity index is 1.64. The highest BCUT2D eigenvalue weighted by Gasteiger charge is 2.22. The first-order valence-corrected chi connectivity index (χ1v) is 8.26. The van der Waals surface area contributed by atoms with Crippen LogP contribution in [0.1, 0.15) is 10.4 Å². The van der Waals surface area contributed by atoms with Crippen molar-refractivity contribution in [1.29, 1.82) is 0 Å². The molecule has 3 aromatic carbocycles. The zero-order valence-electron chi connectivity index (χ0n) is 14.5. The Kier molecular flexibility index (Phi) is 5.50. The summed E-state index contributed by atoms with van der Waals surface area (Å²) in [4.78, 5) is 32.6. The minimum Gasteiger partial charge on any atom is -0.490 e. The van der Waals surface area contributed by atoms with Crippen LogP contribution >= 0.6 is 0 Å². The van der Waals surface area contributed by atoms with E-state index in [1.807, 2.05) is 42.5 Å². The van der Waals surface area contributed by atoms with Crippen LogP contribution < -0.4 is 9.47 Å². The smallest absolute Gasteiger partial charge is 0.377 e. The summed E-state index contributed by atoms with van der Waals surface area (Å²) in [6.07, 6.45) is 0. The number of carbonyl (C=O) groups excluding carboxylic acids is 1. The number of nitro benzene ring substituents is 1. The van der Waals surface area contributed by atoms with Crippen LogP contribution in [-0.2, 0) is 4.79 Å². The Hall–Kier alpha value is -3.94. The normalized spacial score (nSPS) is 10.4. The van der Waals surface area contributed by atoms with E-state index in [9.17, 15) is 19.7 Å². The van der Waals surface area contributed by atoms with Crippen LogP contribution in [0, 0.1) is 10.1 Å². The van der Waals surface area contributed by atoms with E-state index < -0.39 is 22.4 Å². The lowest BCUT2D eigenvalue weighted by Gasteiger charge is -2.10. The van der Waals surface area contributed by atoms with Gasteiger partial charge in [0.05, 0.1) is 4.92 Å². The number of hydrogen-bond acceptors (Lipinski definition) is 6. The second-order valence-electron chi connectivity index (χ2n) is 5.78. The molecule has 0 heterocycles. The molecule has 8 heteroatoms. The van der Waals surface area contributed by atoms with Gasteiger partial charge in [-0.25, -0.2) is 4.79 Å². The summed E-state index contributed by atoms with van der Waals surface area (Å²) < 4.78 is 11.0. The molecule has 0 aromatic heterocycles. The van der Waals surface area contributed by atoms with Crippen molar-refractivity contribution < 1.29 is 29.1 Å². The molecule has 142 valence electrons. The van der Waals surface area contributed by atoms with Crippen LogP contribution in [0.4, 0.5) is 5.69 Å². The lowest BCUT2D eigenvalue weighted by molar-refractivity contribution is -0.385. The summed E-state index contributed by atoms with van der Waals surface area (Å²) in [6, 6.07) is 16.7. The monoisotopic (exact) mass is 381 g/mol. The Bertz CT molecular complexity index is 1060. The maximum Gasteiger partial charge on any atom is 0.377 e. The average molecular weight is 381 g/mol. The van der Waals surface area contributed by atoms with Crippen molar-refractivity contribution in [1.82, 2.24) is 0 Å². The Morgan fingerprint density at radius 1 is 0.929 bits per heavy atom. The highest BCUT2D eigenvalue weighted by Crippen LogP contribution is 2.28. The van der Waals surface area contributed by atoms with Gasteiger partial charge in [-0.1, -0.05) is 30.3 Å². The number of nitro groups is 1. The topological polar surface area (TPSA) is 116 Å². The minimum absolute atomic E-state index is 0.0277. The molecule has 8 nitrogen and oxygen atoms in total. The first-order valence-electron chi connectivity index (χ1n) is 8.26. The van der Waals surface area contributed by atoms with Crippen LogP contribution in [0.5, 0.6) is 11.5 Å². The van der Waals surface area contributed by atoms with Gasteiger partial charge in [0.1, 0.15) is 19.0 Å². The number of aliphatic carboxylic acids is 1. The minimum atomic E-state index is -1.69. The quantitative estimate of drug-likeness (QED) is 0.209. The molecule has 0 radical (unpaired) electrons. The van der Waals surface area contributed by atoms with E-state index in [2.05, 4.69) is 0 Å². The Morgan fingerprint density at radius 3 is 2.36 bits per heavy atom. The number of carboxylic acid groups (broad SMARTS) is 1. The molecule has 0 bridgehead atoms. The van der Waals surface area contributed by atoms with Crippen molar-refractivity contribution in [3.05, 3.63) is 76.3 Å². The van der Waals surface area contributed by atoms with Gasteiger partial charge >= 0.3 is 11.7 Å². The summed E-state index contributed by atoms with van der Waals surface area (Å²) in [7, 11) is 0. The molecule has 3 aromatic rings. The van der Waals surface area contributed by atoms with Crippen LogP contribution in [0.2, 0.25) is 0 Å². The van der Waals surface area contributed by atoms with Gasteiger partial charge in [0.15, 0.2) is 5.75 Å². The standard InChI is InChI=1S/C20H15NO7/c22-19(20(23)24)15-6-8-18(17(12-15)21(25)26)28-10-9-27-16-7-5-13-3-1-2-4-14(13)11-16/h1-8,11-12H,9-10H2,(H,23,24). The van der Waals surface area contributed by atoms with Crippen LogP contribution in [0.3, 0.4) is 0 Å². The lowest BCUT2D eigenvalue weighted by atomic mass is 10.1. The maximum atomic E-state index is 11.5. The number of ether oxygens (including phenoxy) is 2. The average Bonchev–Trinajstić information content (AvgIpc) is 2.70. The van der Waals surface area contributed by atoms with Gasteiger partial charge in [-0.3, -0.25) is 14.9 Å². The molecule has 3 rings (SSSR count). The van der Waals surface area contributed by atoms with E-state index in [0.29, 0.717) is 5.75 Å². The number of hydrogen-bond donors (Lipinski definition) is 1. The van der Waals surface area contributed by atoms with Crippen LogP contribution in [0.15, 0.2) is 60.7 Å². The third kappa shape index (κ3) is 4.24. The molecule has 0 spiro atoms. The van der Waals surface area contributed by atoms with Gasteiger partial charge in [-0.05, 0) is 35.0 Å². The maximum absolute atomic E-state index is 11.5. The summed E-state index contributed by atoms with van der Waals surface area (Å²) >= 11 is 0. The molecule has 28 heavy (non-hydrogen) atoms. The molecule has 0 aliphatic heterocycles. The molecule has 0 atom stereocenters. The summed E-state index contributed by atoms with van der Waals surface area (Å²) in [5.74, 6) is -2.35. The molecule has 0 saturated heterocycles. The molecule has 0 saturated carbocycles. The molecule has 0 unspecified atom stereocenters. The predicted molar refractivity (Wildman–Crippen MR) is 100 cm³/mol. The number of carboxylic acids is 1. The largest absolute Gasteiger partial charge is 0.490 e. The van der Waals surface area contributed by atoms with Crippen molar-refractivity contribution in [2.24, 2.45) is 0 Å². The number of benzene rings is 3. The molecule has 0 aliphatic rings. The number of Topliss-reactive ketones (excluding diaryl/α,β-unsaturated/α-hetero) is 1. The van der Waals surface area contributed by atoms with Gasteiger partial charge in [-0.15, -0.1) is 0 Å². The molecule has 0 aliphatic carbocycles. The molecular formula is C20H15NO7. The van der Waals surface area contributed by atoms with Crippen molar-refractivity contribution in [2.75, 3.05) is 13.2 Å². The zero-order valence-corrected chi connectivity index (χ0v) is 14.5. The van der Waals surface area contributed by atoms with E-state index >= 15 is 0 Å². The SMILES string of the molecule is O=C(O)C(=O)c1ccc(OCCOc2ccc3ccccc3c2)c([N+](=O)[O-])c1. The van der Waals surface area contributed by atoms with Crippen molar-refractivity contribution >= 4 is 28.2 Å². The molecular weight excluding hydrogens is 366 g/mol. The zero-order chi connectivity index (χ0) is 20.1. The Morgan fingerprint density at radius 2 is 1.64 bits per heavy atom. The fraction of sp³-hybridized carbons (Fsp3) is 0.100. The van der Waals surface area contributed by atoms with Crippen molar-refractivity contribution in [3.63, 3.8) is 0 Å². The number of ketones is 1. The van der Waals surface area contributed by atoms with E-state index in [-0.39, 0.29) is 24.5 Å². The summed E-state index contributed by atoms with van der Waals surface area (Å²) in [5.41, 5.74) is -0.781. The third-order valence-electron chi connectivity index (χ3n) is 3.94. The fourth-order valence-corrected chi connectivity index (χ4v) is 2.62.